The highest BCUT2D eigenvalue weighted by molar-refractivity contribution is 5.95. The zero-order valence-electron chi connectivity index (χ0n) is 11.5. The van der Waals surface area contributed by atoms with Crippen molar-refractivity contribution in [3.63, 3.8) is 0 Å². The van der Waals surface area contributed by atoms with E-state index in [9.17, 15) is 19.3 Å². The Labute approximate surface area is 121 Å². The largest absolute Gasteiger partial charge is 0.352 e. The Morgan fingerprint density at radius 3 is 2.81 bits per heavy atom. The molecular weight excluding hydrogens is 275 g/mol. The quantitative estimate of drug-likeness (QED) is 0.685. The van der Waals surface area contributed by atoms with Gasteiger partial charge in [-0.3, -0.25) is 14.9 Å². The standard InChI is InChI=1S/C15H17FN2O3/c16-14-4-3-12(18(20)21)7-13(14)15(19)17-8-11-6-9-1-2-10(11)5-9/h3-4,7,9-11H,1-2,5-6,8H2,(H,17,19). The summed E-state index contributed by atoms with van der Waals surface area (Å²) in [5.74, 6) is 0.621. The topological polar surface area (TPSA) is 72.2 Å². The summed E-state index contributed by atoms with van der Waals surface area (Å²) in [7, 11) is 0. The maximum absolute atomic E-state index is 13.7. The number of halogens is 1. The lowest BCUT2D eigenvalue weighted by atomic mass is 9.89. The first-order valence-electron chi connectivity index (χ1n) is 7.26. The van der Waals surface area contributed by atoms with Gasteiger partial charge in [0.1, 0.15) is 5.82 Å². The molecule has 2 bridgehead atoms. The minimum atomic E-state index is -0.731. The van der Waals surface area contributed by atoms with Crippen molar-refractivity contribution in [3.05, 3.63) is 39.7 Å². The van der Waals surface area contributed by atoms with Gasteiger partial charge in [-0.15, -0.1) is 0 Å². The predicted octanol–water partition coefficient (Wildman–Crippen LogP) is 2.90. The van der Waals surface area contributed by atoms with E-state index in [0.29, 0.717) is 18.4 Å². The molecule has 0 aromatic heterocycles. The Balaban J connectivity index is 1.65. The van der Waals surface area contributed by atoms with Crippen molar-refractivity contribution >= 4 is 11.6 Å². The Kier molecular flexibility index (Phi) is 3.61. The number of non-ortho nitro benzene ring substituents is 1. The van der Waals surface area contributed by atoms with Crippen molar-refractivity contribution in [2.45, 2.75) is 25.7 Å². The van der Waals surface area contributed by atoms with Gasteiger partial charge in [0.2, 0.25) is 0 Å². The third-order valence-electron chi connectivity index (χ3n) is 4.81. The van der Waals surface area contributed by atoms with E-state index in [1.54, 1.807) is 0 Å². The van der Waals surface area contributed by atoms with Crippen LogP contribution < -0.4 is 5.32 Å². The molecule has 2 fully saturated rings. The second-order valence-electron chi connectivity index (χ2n) is 6.07. The summed E-state index contributed by atoms with van der Waals surface area (Å²) in [6, 6.07) is 3.01. The fourth-order valence-corrected chi connectivity index (χ4v) is 3.75. The molecule has 1 N–H and O–H groups in total. The van der Waals surface area contributed by atoms with Gasteiger partial charge in [0, 0.05) is 18.7 Å². The number of nitrogens with zero attached hydrogens (tertiary/aromatic N) is 1. The fraction of sp³-hybridized carbons (Fsp3) is 0.533. The first kappa shape index (κ1) is 14.0. The number of carbonyl (C=O) groups excluding carboxylic acids is 1. The van der Waals surface area contributed by atoms with Crippen LogP contribution in [0.1, 0.15) is 36.0 Å². The van der Waals surface area contributed by atoms with Gasteiger partial charge in [-0.2, -0.15) is 0 Å². The molecule has 0 radical (unpaired) electrons. The summed E-state index contributed by atoms with van der Waals surface area (Å²) in [4.78, 5) is 22.1. The summed E-state index contributed by atoms with van der Waals surface area (Å²) in [6.07, 6.45) is 4.87. The van der Waals surface area contributed by atoms with Crippen LogP contribution in [0.5, 0.6) is 0 Å². The molecule has 2 aliphatic carbocycles. The van der Waals surface area contributed by atoms with Crippen molar-refractivity contribution < 1.29 is 14.1 Å². The maximum atomic E-state index is 13.7. The van der Waals surface area contributed by atoms with Gasteiger partial charge in [0.25, 0.3) is 11.6 Å². The molecule has 3 unspecified atom stereocenters. The Bertz CT molecular complexity index is 590. The summed E-state index contributed by atoms with van der Waals surface area (Å²) in [5.41, 5.74) is -0.533. The highest BCUT2D eigenvalue weighted by Crippen LogP contribution is 2.47. The van der Waals surface area contributed by atoms with Gasteiger partial charge in [0.05, 0.1) is 10.5 Å². The molecule has 2 aliphatic rings. The number of rotatable bonds is 4. The van der Waals surface area contributed by atoms with Gasteiger partial charge < -0.3 is 5.32 Å². The molecule has 1 amide bonds. The first-order valence-corrected chi connectivity index (χ1v) is 7.26. The minimum absolute atomic E-state index is 0.257. The predicted molar refractivity (Wildman–Crippen MR) is 74.3 cm³/mol. The normalized spacial score (nSPS) is 26.8. The second kappa shape index (κ2) is 5.42. The Morgan fingerprint density at radius 1 is 1.38 bits per heavy atom. The number of fused-ring (bicyclic) bond motifs is 2. The van der Waals surface area contributed by atoms with E-state index in [2.05, 4.69) is 5.32 Å². The van der Waals surface area contributed by atoms with Crippen molar-refractivity contribution in [2.24, 2.45) is 17.8 Å². The summed E-state index contributed by atoms with van der Waals surface area (Å²) >= 11 is 0. The number of nitro benzene ring substituents is 1. The average molecular weight is 292 g/mol. The van der Waals surface area contributed by atoms with Gasteiger partial charge in [-0.05, 0) is 43.1 Å². The van der Waals surface area contributed by atoms with Gasteiger partial charge in [-0.25, -0.2) is 4.39 Å². The van der Waals surface area contributed by atoms with E-state index < -0.39 is 16.6 Å². The van der Waals surface area contributed by atoms with Crippen molar-refractivity contribution in [2.75, 3.05) is 6.54 Å². The molecule has 1 aromatic rings. The third kappa shape index (κ3) is 2.75. The van der Waals surface area contributed by atoms with Crippen LogP contribution in [0.4, 0.5) is 10.1 Å². The highest BCUT2D eigenvalue weighted by atomic mass is 19.1. The van der Waals surface area contributed by atoms with E-state index in [-0.39, 0.29) is 11.3 Å². The Hall–Kier alpha value is -1.98. The van der Waals surface area contributed by atoms with Crippen LogP contribution >= 0.6 is 0 Å². The molecule has 112 valence electrons. The molecule has 0 aliphatic heterocycles. The summed E-state index contributed by atoms with van der Waals surface area (Å²) in [5, 5.41) is 13.4. The van der Waals surface area contributed by atoms with Crippen LogP contribution in [0.15, 0.2) is 18.2 Å². The molecule has 1 aromatic carbocycles. The van der Waals surface area contributed by atoms with Crippen LogP contribution in [-0.2, 0) is 0 Å². The molecule has 3 rings (SSSR count). The third-order valence-corrected chi connectivity index (χ3v) is 4.81. The molecule has 0 heterocycles. The lowest BCUT2D eigenvalue weighted by Crippen LogP contribution is -2.32. The van der Waals surface area contributed by atoms with E-state index >= 15 is 0 Å². The number of benzene rings is 1. The summed E-state index contributed by atoms with van der Waals surface area (Å²) in [6.45, 7) is 0.530. The highest BCUT2D eigenvalue weighted by Gasteiger charge is 2.39. The number of amides is 1. The van der Waals surface area contributed by atoms with Crippen LogP contribution in [0.3, 0.4) is 0 Å². The second-order valence-corrected chi connectivity index (χ2v) is 6.07. The van der Waals surface area contributed by atoms with Gasteiger partial charge in [0.15, 0.2) is 0 Å². The molecule has 0 spiro atoms. The smallest absolute Gasteiger partial charge is 0.270 e. The molecule has 5 nitrogen and oxygen atoms in total. The lowest BCUT2D eigenvalue weighted by molar-refractivity contribution is -0.384. The first-order chi connectivity index (χ1) is 10.0. The van der Waals surface area contributed by atoms with Crippen molar-refractivity contribution in [1.82, 2.24) is 5.32 Å². The molecule has 3 atom stereocenters. The molecule has 21 heavy (non-hydrogen) atoms. The number of hydrogen-bond acceptors (Lipinski definition) is 3. The maximum Gasteiger partial charge on any atom is 0.270 e. The van der Waals surface area contributed by atoms with Crippen LogP contribution in [0, 0.1) is 33.7 Å². The molecular formula is C15H17FN2O3. The van der Waals surface area contributed by atoms with Gasteiger partial charge >= 0.3 is 0 Å². The summed E-state index contributed by atoms with van der Waals surface area (Å²) < 4.78 is 13.7. The molecule has 2 saturated carbocycles. The zero-order valence-corrected chi connectivity index (χ0v) is 11.5. The number of carbonyl (C=O) groups is 1. The van der Waals surface area contributed by atoms with Crippen molar-refractivity contribution in [3.8, 4) is 0 Å². The number of hydrogen-bond donors (Lipinski definition) is 1. The number of nitro groups is 1. The number of nitrogens with one attached hydrogen (secondary N) is 1. The lowest BCUT2D eigenvalue weighted by Gasteiger charge is -2.21. The van der Waals surface area contributed by atoms with Crippen molar-refractivity contribution in [1.29, 1.82) is 0 Å². The Morgan fingerprint density at radius 2 is 2.19 bits per heavy atom. The zero-order chi connectivity index (χ0) is 15.0. The van der Waals surface area contributed by atoms with E-state index in [0.717, 1.165) is 30.5 Å². The van der Waals surface area contributed by atoms with Crippen LogP contribution in [0.2, 0.25) is 0 Å². The van der Waals surface area contributed by atoms with Gasteiger partial charge in [-0.1, -0.05) is 6.42 Å². The fourth-order valence-electron chi connectivity index (χ4n) is 3.75. The van der Waals surface area contributed by atoms with Crippen LogP contribution in [0.25, 0.3) is 0 Å². The molecule has 0 saturated heterocycles. The average Bonchev–Trinajstić information content (AvgIpc) is 3.07. The van der Waals surface area contributed by atoms with E-state index in [1.807, 2.05) is 0 Å². The SMILES string of the molecule is O=C(NCC1CC2CCC1C2)c1cc([N+](=O)[O-])ccc1F. The minimum Gasteiger partial charge on any atom is -0.352 e. The monoisotopic (exact) mass is 292 g/mol. The van der Waals surface area contributed by atoms with Crippen LogP contribution in [-0.4, -0.2) is 17.4 Å². The van der Waals surface area contributed by atoms with E-state index in [4.69, 9.17) is 0 Å². The van der Waals surface area contributed by atoms with E-state index in [1.165, 1.54) is 19.3 Å². The molecule has 6 heteroatoms.